The average molecular weight is 318 g/mol. The summed E-state index contributed by atoms with van der Waals surface area (Å²) in [6.45, 7) is 3.00. The first-order valence-corrected chi connectivity index (χ1v) is 6.69. The van der Waals surface area contributed by atoms with Gasteiger partial charge in [-0.25, -0.2) is 0 Å². The van der Waals surface area contributed by atoms with Gasteiger partial charge in [-0.15, -0.1) is 0 Å². The lowest BCUT2D eigenvalue weighted by Gasteiger charge is -2.13. The predicted octanol–water partition coefficient (Wildman–Crippen LogP) is 2.19. The van der Waals surface area contributed by atoms with Crippen molar-refractivity contribution in [3.8, 4) is 0 Å². The van der Waals surface area contributed by atoms with Gasteiger partial charge in [0, 0.05) is 19.8 Å². The molecule has 0 radical (unpaired) electrons. The van der Waals surface area contributed by atoms with Crippen LogP contribution >= 0.6 is 0 Å². The zero-order chi connectivity index (χ0) is 16.6. The molecule has 0 aliphatic heterocycles. The largest absolute Gasteiger partial charge is 0.418 e. The minimum absolute atomic E-state index is 0.202. The van der Waals surface area contributed by atoms with Crippen LogP contribution in [-0.4, -0.2) is 31.6 Å². The molecule has 8 heteroatoms. The second-order valence-corrected chi connectivity index (χ2v) is 4.30. The zero-order valence-electron chi connectivity index (χ0n) is 12.0. The smallest absolute Gasteiger partial charge is 0.382 e. The monoisotopic (exact) mass is 318 g/mol. The molecule has 1 aromatic rings. The molecule has 0 spiro atoms. The van der Waals surface area contributed by atoms with Crippen LogP contribution in [0.25, 0.3) is 0 Å². The standard InChI is InChI=1S/C14H17F3N2O3/c1-2-22-9-5-8-18-12(20)13(21)19-11-7-4-3-6-10(11)14(15,16)17/h3-4,6-7H,2,5,8-9H2,1H3,(H,18,20)(H,19,21). The third-order valence-electron chi connectivity index (χ3n) is 2.64. The number of anilines is 1. The topological polar surface area (TPSA) is 67.4 Å². The Morgan fingerprint density at radius 1 is 1.18 bits per heavy atom. The number of hydrogen-bond acceptors (Lipinski definition) is 3. The SMILES string of the molecule is CCOCCCNC(=O)C(=O)Nc1ccccc1C(F)(F)F. The second-order valence-electron chi connectivity index (χ2n) is 4.30. The van der Waals surface area contributed by atoms with E-state index >= 15 is 0 Å². The van der Waals surface area contributed by atoms with Crippen LogP contribution in [0.5, 0.6) is 0 Å². The molecule has 0 fully saturated rings. The molecule has 2 amide bonds. The van der Waals surface area contributed by atoms with Crippen LogP contribution in [0.15, 0.2) is 24.3 Å². The van der Waals surface area contributed by atoms with Crippen molar-refractivity contribution in [2.24, 2.45) is 0 Å². The summed E-state index contributed by atoms with van der Waals surface area (Å²) >= 11 is 0. The number of hydrogen-bond donors (Lipinski definition) is 2. The minimum atomic E-state index is -4.61. The summed E-state index contributed by atoms with van der Waals surface area (Å²) < 4.78 is 43.3. The molecule has 0 atom stereocenters. The lowest BCUT2D eigenvalue weighted by molar-refractivity contribution is -0.138. The maximum absolute atomic E-state index is 12.8. The highest BCUT2D eigenvalue weighted by atomic mass is 19.4. The minimum Gasteiger partial charge on any atom is -0.382 e. The molecule has 0 saturated carbocycles. The van der Waals surface area contributed by atoms with Gasteiger partial charge in [0.05, 0.1) is 11.3 Å². The van der Waals surface area contributed by atoms with E-state index in [1.54, 1.807) is 0 Å². The molecule has 22 heavy (non-hydrogen) atoms. The van der Waals surface area contributed by atoms with E-state index in [4.69, 9.17) is 4.74 Å². The second kappa shape index (κ2) is 8.38. The number of benzene rings is 1. The number of carbonyl (C=O) groups excluding carboxylic acids is 2. The Balaban J connectivity index is 2.56. The maximum atomic E-state index is 12.8. The fraction of sp³-hybridized carbons (Fsp3) is 0.429. The first-order chi connectivity index (χ1) is 10.4. The van der Waals surface area contributed by atoms with Gasteiger partial charge in [-0.2, -0.15) is 13.2 Å². The van der Waals surface area contributed by atoms with E-state index in [0.717, 1.165) is 12.1 Å². The van der Waals surface area contributed by atoms with E-state index in [2.05, 4.69) is 5.32 Å². The summed E-state index contributed by atoms with van der Waals surface area (Å²) in [6, 6.07) is 4.45. The van der Waals surface area contributed by atoms with Gasteiger partial charge < -0.3 is 15.4 Å². The Morgan fingerprint density at radius 2 is 1.86 bits per heavy atom. The average Bonchev–Trinajstić information content (AvgIpc) is 2.46. The van der Waals surface area contributed by atoms with Crippen molar-refractivity contribution in [3.05, 3.63) is 29.8 Å². The summed E-state index contributed by atoms with van der Waals surface area (Å²) in [6.07, 6.45) is -4.11. The van der Waals surface area contributed by atoms with Gasteiger partial charge in [-0.3, -0.25) is 9.59 Å². The Hall–Kier alpha value is -2.09. The van der Waals surface area contributed by atoms with E-state index in [1.807, 2.05) is 12.2 Å². The predicted molar refractivity (Wildman–Crippen MR) is 74.2 cm³/mol. The summed E-state index contributed by atoms with van der Waals surface area (Å²) in [5, 5.41) is 4.27. The molecule has 0 aliphatic carbocycles. The van der Waals surface area contributed by atoms with Crippen LogP contribution in [0.4, 0.5) is 18.9 Å². The lowest BCUT2D eigenvalue weighted by atomic mass is 10.1. The normalized spacial score (nSPS) is 11.1. The van der Waals surface area contributed by atoms with Crippen molar-refractivity contribution in [3.63, 3.8) is 0 Å². The highest BCUT2D eigenvalue weighted by molar-refractivity contribution is 6.39. The van der Waals surface area contributed by atoms with Crippen LogP contribution in [-0.2, 0) is 20.5 Å². The number of amides is 2. The highest BCUT2D eigenvalue weighted by Gasteiger charge is 2.33. The molecular formula is C14H17F3N2O3. The van der Waals surface area contributed by atoms with Crippen LogP contribution in [0.1, 0.15) is 18.9 Å². The summed E-state index contributed by atoms with van der Waals surface area (Å²) in [5.74, 6) is -2.14. The fourth-order valence-electron chi connectivity index (χ4n) is 1.62. The molecule has 0 saturated heterocycles. The summed E-state index contributed by atoms with van der Waals surface area (Å²) in [5.41, 5.74) is -1.46. The van der Waals surface area contributed by atoms with Crippen molar-refractivity contribution in [2.45, 2.75) is 19.5 Å². The third-order valence-corrected chi connectivity index (χ3v) is 2.64. The van der Waals surface area contributed by atoms with Crippen LogP contribution in [0.2, 0.25) is 0 Å². The maximum Gasteiger partial charge on any atom is 0.418 e. The van der Waals surface area contributed by atoms with E-state index < -0.39 is 29.2 Å². The number of rotatable bonds is 6. The van der Waals surface area contributed by atoms with Crippen molar-refractivity contribution < 1.29 is 27.5 Å². The van der Waals surface area contributed by atoms with E-state index in [9.17, 15) is 22.8 Å². The van der Waals surface area contributed by atoms with Gasteiger partial charge in [0.2, 0.25) is 0 Å². The molecule has 0 heterocycles. The summed E-state index contributed by atoms with van der Waals surface area (Å²) in [7, 11) is 0. The molecule has 0 aliphatic rings. The Morgan fingerprint density at radius 3 is 2.50 bits per heavy atom. The molecule has 0 bridgehead atoms. The molecule has 5 nitrogen and oxygen atoms in total. The fourth-order valence-corrected chi connectivity index (χ4v) is 1.62. The van der Waals surface area contributed by atoms with Crippen molar-refractivity contribution in [1.82, 2.24) is 5.32 Å². The van der Waals surface area contributed by atoms with Crippen LogP contribution in [0, 0.1) is 0 Å². The Labute approximate surface area is 125 Å². The van der Waals surface area contributed by atoms with E-state index in [-0.39, 0.29) is 6.54 Å². The molecular weight excluding hydrogens is 301 g/mol. The van der Waals surface area contributed by atoms with Gasteiger partial charge in [-0.05, 0) is 25.5 Å². The molecule has 1 rings (SSSR count). The number of halogens is 3. The van der Waals surface area contributed by atoms with Gasteiger partial charge >= 0.3 is 18.0 Å². The third kappa shape index (κ3) is 5.72. The number of ether oxygens (including phenoxy) is 1. The molecule has 1 aromatic carbocycles. The van der Waals surface area contributed by atoms with E-state index in [1.165, 1.54) is 12.1 Å². The van der Waals surface area contributed by atoms with Gasteiger partial charge in [-0.1, -0.05) is 12.1 Å². The highest BCUT2D eigenvalue weighted by Crippen LogP contribution is 2.34. The summed E-state index contributed by atoms with van der Waals surface area (Å²) in [4.78, 5) is 23.1. The lowest BCUT2D eigenvalue weighted by Crippen LogP contribution is -2.36. The molecule has 122 valence electrons. The van der Waals surface area contributed by atoms with Crippen molar-refractivity contribution in [2.75, 3.05) is 25.1 Å². The van der Waals surface area contributed by atoms with Crippen LogP contribution < -0.4 is 10.6 Å². The molecule has 0 aromatic heterocycles. The first kappa shape index (κ1) is 18.0. The Bertz CT molecular complexity index is 518. The molecule has 2 N–H and O–H groups in total. The number of nitrogens with one attached hydrogen (secondary N) is 2. The van der Waals surface area contributed by atoms with Gasteiger partial charge in [0.1, 0.15) is 0 Å². The Kier molecular flexibility index (Phi) is 6.84. The van der Waals surface area contributed by atoms with Gasteiger partial charge in [0.15, 0.2) is 0 Å². The first-order valence-electron chi connectivity index (χ1n) is 6.69. The van der Waals surface area contributed by atoms with Crippen LogP contribution in [0.3, 0.4) is 0 Å². The number of alkyl halides is 3. The zero-order valence-corrected chi connectivity index (χ0v) is 12.0. The quantitative estimate of drug-likeness (QED) is 0.624. The van der Waals surface area contributed by atoms with Crippen molar-refractivity contribution in [1.29, 1.82) is 0 Å². The van der Waals surface area contributed by atoms with Gasteiger partial charge in [0.25, 0.3) is 0 Å². The van der Waals surface area contributed by atoms with E-state index in [0.29, 0.717) is 19.6 Å². The van der Waals surface area contributed by atoms with Crippen molar-refractivity contribution >= 4 is 17.5 Å². The number of carbonyl (C=O) groups is 2. The number of para-hydroxylation sites is 1. The molecule has 0 unspecified atom stereocenters.